The number of rotatable bonds is 7. The summed E-state index contributed by atoms with van der Waals surface area (Å²) in [6.45, 7) is 1.92. The average Bonchev–Trinajstić information content (AvgIpc) is 2.83. The number of nitrogens with two attached hydrogens (primary N) is 1. The van der Waals surface area contributed by atoms with Crippen molar-refractivity contribution in [3.63, 3.8) is 0 Å². The van der Waals surface area contributed by atoms with E-state index in [0.29, 0.717) is 21.8 Å². The van der Waals surface area contributed by atoms with E-state index in [1.165, 1.54) is 5.56 Å². The van der Waals surface area contributed by atoms with Crippen LogP contribution < -0.4 is 5.73 Å². The molecular weight excluding hydrogens is 541 g/mol. The number of aliphatic carboxylic acids is 2. The first-order valence-corrected chi connectivity index (χ1v) is 11.5. The van der Waals surface area contributed by atoms with Crippen molar-refractivity contribution in [3.8, 4) is 0 Å². The molecule has 2 atom stereocenters. The predicted molar refractivity (Wildman–Crippen MR) is 132 cm³/mol. The van der Waals surface area contributed by atoms with Gasteiger partial charge in [-0.25, -0.2) is 9.59 Å². The number of piperidine rings is 1. The molecule has 0 saturated carbocycles. The SMILES string of the molecule is NC(c1ccccc1[N+](=O)[O-])C1CCN(C(I)c2ccccc2)CC1.O=C(O)C=CC(=O)O. The van der Waals surface area contributed by atoms with Gasteiger partial charge in [0, 0.05) is 29.8 Å². The molecule has 0 aliphatic carbocycles. The fourth-order valence-corrected chi connectivity index (χ4v) is 4.63. The van der Waals surface area contributed by atoms with E-state index in [0.717, 1.165) is 25.9 Å². The monoisotopic (exact) mass is 567 g/mol. The minimum absolute atomic E-state index is 0.133. The number of nitro groups is 1. The van der Waals surface area contributed by atoms with Crippen LogP contribution in [-0.2, 0) is 9.59 Å². The standard InChI is InChI=1S/C19H22IN3O2.C4H4O4/c20-19(15-6-2-1-3-7-15)22-12-10-14(11-13-22)18(21)16-8-4-5-9-17(16)23(24)25;5-3(6)1-2-4(7)8/h1-9,14,18-19H,10-13,21H2;1-2H,(H,5,6)(H,7,8). The molecule has 1 fully saturated rings. The number of halogens is 1. The molecule has 2 aromatic carbocycles. The number of carboxylic acid groups (broad SMARTS) is 2. The van der Waals surface area contributed by atoms with Crippen LogP contribution in [0, 0.1) is 16.0 Å². The Labute approximate surface area is 205 Å². The summed E-state index contributed by atoms with van der Waals surface area (Å²) in [5.74, 6) is -2.24. The Balaban J connectivity index is 0.000000414. The molecule has 2 aromatic rings. The summed E-state index contributed by atoms with van der Waals surface area (Å²) in [4.78, 5) is 32.5. The van der Waals surface area contributed by atoms with Crippen LogP contribution in [0.2, 0.25) is 0 Å². The molecule has 2 unspecified atom stereocenters. The lowest BCUT2D eigenvalue weighted by atomic mass is 9.85. The lowest BCUT2D eigenvalue weighted by Crippen LogP contribution is -2.38. The van der Waals surface area contributed by atoms with E-state index >= 15 is 0 Å². The van der Waals surface area contributed by atoms with Gasteiger partial charge in [0.15, 0.2) is 0 Å². The van der Waals surface area contributed by atoms with Crippen molar-refractivity contribution >= 4 is 40.2 Å². The van der Waals surface area contributed by atoms with Crippen molar-refractivity contribution in [1.29, 1.82) is 0 Å². The molecule has 10 heteroatoms. The van der Waals surface area contributed by atoms with Crippen molar-refractivity contribution in [2.24, 2.45) is 11.7 Å². The highest BCUT2D eigenvalue weighted by Crippen LogP contribution is 2.37. The molecule has 0 amide bonds. The molecule has 1 aliphatic heterocycles. The second kappa shape index (κ2) is 13.0. The number of alkyl halides is 1. The van der Waals surface area contributed by atoms with Gasteiger partial charge in [-0.3, -0.25) is 15.0 Å². The quantitative estimate of drug-likeness (QED) is 0.113. The van der Waals surface area contributed by atoms with Crippen molar-refractivity contribution in [3.05, 3.63) is 88.0 Å². The second-order valence-corrected chi connectivity index (χ2v) is 8.65. The van der Waals surface area contributed by atoms with Crippen LogP contribution in [0.5, 0.6) is 0 Å². The minimum atomic E-state index is -1.26. The first-order chi connectivity index (χ1) is 15.7. The summed E-state index contributed by atoms with van der Waals surface area (Å²) in [6.07, 6.45) is 3.03. The van der Waals surface area contributed by atoms with Gasteiger partial charge in [-0.2, -0.15) is 0 Å². The molecule has 1 saturated heterocycles. The van der Waals surface area contributed by atoms with Crippen LogP contribution in [-0.4, -0.2) is 45.1 Å². The normalized spacial score (nSPS) is 16.4. The third kappa shape index (κ3) is 8.22. The van der Waals surface area contributed by atoms with Crippen molar-refractivity contribution in [2.75, 3.05) is 13.1 Å². The summed E-state index contributed by atoms with van der Waals surface area (Å²) in [5, 5.41) is 26.9. The van der Waals surface area contributed by atoms with Crippen molar-refractivity contribution in [2.45, 2.75) is 22.9 Å². The molecule has 1 heterocycles. The molecule has 3 rings (SSSR count). The third-order valence-electron chi connectivity index (χ3n) is 5.34. The number of nitrogens with zero attached hydrogens (tertiary/aromatic N) is 2. The predicted octanol–water partition coefficient (Wildman–Crippen LogP) is 4.15. The van der Waals surface area contributed by atoms with Gasteiger partial charge in [-0.1, -0.05) is 71.1 Å². The van der Waals surface area contributed by atoms with Crippen LogP contribution in [0.15, 0.2) is 66.7 Å². The van der Waals surface area contributed by atoms with Gasteiger partial charge in [0.1, 0.15) is 0 Å². The highest BCUT2D eigenvalue weighted by Gasteiger charge is 2.31. The highest BCUT2D eigenvalue weighted by molar-refractivity contribution is 14.1. The van der Waals surface area contributed by atoms with E-state index in [-0.39, 0.29) is 22.6 Å². The van der Waals surface area contributed by atoms with E-state index in [2.05, 4.69) is 51.8 Å². The summed E-state index contributed by atoms with van der Waals surface area (Å²) < 4.78 is 0.349. The molecule has 9 nitrogen and oxygen atoms in total. The Morgan fingerprint density at radius 1 is 1.03 bits per heavy atom. The summed E-state index contributed by atoms with van der Waals surface area (Å²) in [6, 6.07) is 17.0. The maximum atomic E-state index is 11.2. The molecule has 33 heavy (non-hydrogen) atoms. The number of hydrogen-bond acceptors (Lipinski definition) is 6. The van der Waals surface area contributed by atoms with Gasteiger partial charge in [-0.05, 0) is 37.4 Å². The van der Waals surface area contributed by atoms with Crippen LogP contribution in [0.25, 0.3) is 0 Å². The van der Waals surface area contributed by atoms with Crippen LogP contribution in [0.4, 0.5) is 5.69 Å². The van der Waals surface area contributed by atoms with E-state index in [1.54, 1.807) is 18.2 Å². The summed E-state index contributed by atoms with van der Waals surface area (Å²) in [5.41, 5.74) is 8.51. The van der Waals surface area contributed by atoms with Crippen molar-refractivity contribution in [1.82, 2.24) is 4.90 Å². The lowest BCUT2D eigenvalue weighted by Gasteiger charge is -2.37. The Bertz CT molecular complexity index is 961. The van der Waals surface area contributed by atoms with Gasteiger partial charge in [0.2, 0.25) is 0 Å². The van der Waals surface area contributed by atoms with Crippen LogP contribution in [0.3, 0.4) is 0 Å². The Hall–Kier alpha value is -2.83. The number of likely N-dealkylation sites (tertiary alicyclic amines) is 1. The number of para-hydroxylation sites is 1. The fourth-order valence-electron chi connectivity index (χ4n) is 3.66. The highest BCUT2D eigenvalue weighted by atomic mass is 127. The zero-order valence-corrected chi connectivity index (χ0v) is 19.9. The molecule has 0 spiro atoms. The van der Waals surface area contributed by atoms with Crippen LogP contribution >= 0.6 is 22.6 Å². The largest absolute Gasteiger partial charge is 0.478 e. The maximum absolute atomic E-state index is 11.2. The van der Waals surface area contributed by atoms with Gasteiger partial charge in [0.05, 0.1) is 8.97 Å². The number of benzene rings is 2. The maximum Gasteiger partial charge on any atom is 0.328 e. The summed E-state index contributed by atoms with van der Waals surface area (Å²) in [7, 11) is 0. The third-order valence-corrected chi connectivity index (χ3v) is 6.85. The van der Waals surface area contributed by atoms with E-state index in [9.17, 15) is 19.7 Å². The van der Waals surface area contributed by atoms with Gasteiger partial charge in [0.25, 0.3) is 5.69 Å². The first-order valence-electron chi connectivity index (χ1n) is 10.3. The van der Waals surface area contributed by atoms with Crippen LogP contribution in [0.1, 0.15) is 34.1 Å². The number of carbonyl (C=O) groups is 2. The molecule has 0 aromatic heterocycles. The minimum Gasteiger partial charge on any atom is -0.478 e. The van der Waals surface area contributed by atoms with E-state index in [1.807, 2.05) is 12.1 Å². The molecule has 4 N–H and O–H groups in total. The zero-order chi connectivity index (χ0) is 24.4. The number of nitro benzene ring substituents is 1. The van der Waals surface area contributed by atoms with Gasteiger partial charge in [-0.15, -0.1) is 0 Å². The zero-order valence-electron chi connectivity index (χ0n) is 17.8. The smallest absolute Gasteiger partial charge is 0.328 e. The average molecular weight is 567 g/mol. The van der Waals surface area contributed by atoms with E-state index in [4.69, 9.17) is 15.9 Å². The summed E-state index contributed by atoms with van der Waals surface area (Å²) >= 11 is 2.48. The Morgan fingerprint density at radius 2 is 1.55 bits per heavy atom. The van der Waals surface area contributed by atoms with Crippen molar-refractivity contribution < 1.29 is 24.7 Å². The van der Waals surface area contributed by atoms with Gasteiger partial charge >= 0.3 is 11.9 Å². The molecule has 1 aliphatic rings. The first kappa shape index (κ1) is 26.4. The molecular formula is C23H26IN3O6. The molecule has 0 radical (unpaired) electrons. The number of carboxylic acids is 2. The topological polar surface area (TPSA) is 147 Å². The fraction of sp³-hybridized carbons (Fsp3) is 0.304. The molecule has 0 bridgehead atoms. The number of hydrogen-bond donors (Lipinski definition) is 3. The lowest BCUT2D eigenvalue weighted by molar-refractivity contribution is -0.385. The Morgan fingerprint density at radius 3 is 2.06 bits per heavy atom. The second-order valence-electron chi connectivity index (χ2n) is 7.47. The van der Waals surface area contributed by atoms with E-state index < -0.39 is 11.9 Å². The van der Waals surface area contributed by atoms with Gasteiger partial charge < -0.3 is 15.9 Å². The molecule has 176 valence electrons. The Kier molecular flexibility index (Phi) is 10.4.